The van der Waals surface area contributed by atoms with Crippen LogP contribution in [-0.2, 0) is 29.0 Å². The number of amides is 2. The van der Waals surface area contributed by atoms with Gasteiger partial charge in [0.1, 0.15) is 6.04 Å². The fourth-order valence-electron chi connectivity index (χ4n) is 3.98. The van der Waals surface area contributed by atoms with Crippen molar-refractivity contribution in [3.05, 3.63) is 94.5 Å². The molecule has 0 fully saturated rings. The smallest absolute Gasteiger partial charge is 0.242 e. The maximum Gasteiger partial charge on any atom is 0.242 e. The summed E-state index contributed by atoms with van der Waals surface area (Å²) in [6.07, 6.45) is 1.14. The summed E-state index contributed by atoms with van der Waals surface area (Å²) < 4.78 is 10.7. The molecule has 0 aliphatic rings. The number of ether oxygens (including phenoxy) is 2. The van der Waals surface area contributed by atoms with E-state index >= 15 is 0 Å². The summed E-state index contributed by atoms with van der Waals surface area (Å²) in [6, 6.07) is 22.0. The average Bonchev–Trinajstić information content (AvgIpc) is 2.89. The maximum atomic E-state index is 13.6. The van der Waals surface area contributed by atoms with Gasteiger partial charge in [-0.3, -0.25) is 9.59 Å². The Labute approximate surface area is 211 Å². The van der Waals surface area contributed by atoms with Gasteiger partial charge in [-0.05, 0) is 47.4 Å². The molecule has 35 heavy (non-hydrogen) atoms. The van der Waals surface area contributed by atoms with Gasteiger partial charge in [0.05, 0.1) is 14.2 Å². The van der Waals surface area contributed by atoms with Crippen LogP contribution in [0.15, 0.2) is 72.8 Å². The zero-order chi connectivity index (χ0) is 25.2. The van der Waals surface area contributed by atoms with E-state index in [1.165, 1.54) is 0 Å². The lowest BCUT2D eigenvalue weighted by Crippen LogP contribution is -2.49. The first-order valence-electron chi connectivity index (χ1n) is 11.5. The van der Waals surface area contributed by atoms with E-state index in [9.17, 15) is 9.59 Å². The minimum atomic E-state index is -0.667. The van der Waals surface area contributed by atoms with Crippen molar-refractivity contribution in [3.63, 3.8) is 0 Å². The molecule has 0 radical (unpaired) electrons. The number of rotatable bonds is 11. The van der Waals surface area contributed by atoms with Crippen LogP contribution in [-0.4, -0.2) is 44.0 Å². The number of benzene rings is 3. The maximum absolute atomic E-state index is 13.6. The molecule has 3 rings (SSSR count). The highest BCUT2D eigenvalue weighted by Crippen LogP contribution is 2.28. The zero-order valence-electron chi connectivity index (χ0n) is 20.3. The molecule has 0 bridgehead atoms. The lowest BCUT2D eigenvalue weighted by atomic mass is 10.0. The summed E-state index contributed by atoms with van der Waals surface area (Å²) in [4.78, 5) is 28.2. The van der Waals surface area contributed by atoms with Crippen LogP contribution >= 0.6 is 11.6 Å². The van der Waals surface area contributed by atoms with Crippen molar-refractivity contribution in [2.75, 3.05) is 21.3 Å². The minimum absolute atomic E-state index is 0.121. The predicted molar refractivity (Wildman–Crippen MR) is 138 cm³/mol. The Bertz CT molecular complexity index is 1140. The van der Waals surface area contributed by atoms with Crippen molar-refractivity contribution < 1.29 is 19.1 Å². The lowest BCUT2D eigenvalue weighted by molar-refractivity contribution is -0.141. The number of carbonyl (C=O) groups is 2. The molecule has 0 saturated heterocycles. The standard InChI is InChI=1S/C28H31ClN2O4/c1-30-28(33)24(17-20-8-5-4-6-9-20)31(19-22-10-7-11-23(29)16-22)27(32)15-13-21-12-14-25(34-2)26(18-21)35-3/h4-12,14,16,18,24H,13,15,17,19H2,1-3H3,(H,30,33)/t24-/m1/s1. The lowest BCUT2D eigenvalue weighted by Gasteiger charge is -2.31. The topological polar surface area (TPSA) is 67.9 Å². The number of nitrogens with one attached hydrogen (secondary N) is 1. The highest BCUT2D eigenvalue weighted by Gasteiger charge is 2.29. The van der Waals surface area contributed by atoms with Gasteiger partial charge in [0, 0.05) is 31.5 Å². The van der Waals surface area contributed by atoms with Crippen LogP contribution in [0.3, 0.4) is 0 Å². The first kappa shape index (κ1) is 26.1. The Kier molecular flexibility index (Phi) is 9.56. The fourth-order valence-corrected chi connectivity index (χ4v) is 4.20. The summed E-state index contributed by atoms with van der Waals surface area (Å²) in [7, 11) is 4.75. The normalized spacial score (nSPS) is 11.4. The molecule has 0 aliphatic carbocycles. The fraction of sp³-hybridized carbons (Fsp3) is 0.286. The number of hydrogen-bond donors (Lipinski definition) is 1. The number of nitrogens with zero attached hydrogens (tertiary/aromatic N) is 1. The monoisotopic (exact) mass is 494 g/mol. The van der Waals surface area contributed by atoms with Gasteiger partial charge in [0.15, 0.2) is 11.5 Å². The van der Waals surface area contributed by atoms with E-state index in [0.29, 0.717) is 29.4 Å². The summed E-state index contributed by atoms with van der Waals surface area (Å²) in [5.41, 5.74) is 2.78. The SMILES string of the molecule is CNC(=O)[C@@H](Cc1ccccc1)N(Cc1cccc(Cl)c1)C(=O)CCc1ccc(OC)c(OC)c1. The molecule has 3 aromatic rings. The van der Waals surface area contributed by atoms with Gasteiger partial charge in [-0.15, -0.1) is 0 Å². The number of aryl methyl sites for hydroxylation is 1. The largest absolute Gasteiger partial charge is 0.493 e. The van der Waals surface area contributed by atoms with Crippen LogP contribution in [0.2, 0.25) is 5.02 Å². The summed E-state index contributed by atoms with van der Waals surface area (Å²) >= 11 is 6.20. The third-order valence-electron chi connectivity index (χ3n) is 5.83. The number of carbonyl (C=O) groups excluding carboxylic acids is 2. The van der Waals surface area contributed by atoms with Gasteiger partial charge in [-0.2, -0.15) is 0 Å². The molecule has 0 heterocycles. The van der Waals surface area contributed by atoms with Crippen molar-refractivity contribution in [3.8, 4) is 11.5 Å². The van der Waals surface area contributed by atoms with Gasteiger partial charge in [-0.25, -0.2) is 0 Å². The molecule has 0 saturated carbocycles. The third-order valence-corrected chi connectivity index (χ3v) is 6.07. The van der Waals surface area contributed by atoms with E-state index in [0.717, 1.165) is 16.7 Å². The Hall–Kier alpha value is -3.51. The van der Waals surface area contributed by atoms with Crippen molar-refractivity contribution in [1.82, 2.24) is 10.2 Å². The molecule has 1 N–H and O–H groups in total. The second-order valence-corrected chi connectivity index (χ2v) is 8.60. The summed E-state index contributed by atoms with van der Waals surface area (Å²) in [5.74, 6) is 0.910. The Morgan fingerprint density at radius 1 is 0.886 bits per heavy atom. The van der Waals surface area contributed by atoms with Crippen LogP contribution in [0.5, 0.6) is 11.5 Å². The Morgan fingerprint density at radius 2 is 1.60 bits per heavy atom. The van der Waals surface area contributed by atoms with Crippen LogP contribution < -0.4 is 14.8 Å². The van der Waals surface area contributed by atoms with Crippen molar-refractivity contribution in [2.45, 2.75) is 31.8 Å². The van der Waals surface area contributed by atoms with E-state index in [1.54, 1.807) is 32.2 Å². The van der Waals surface area contributed by atoms with Crippen molar-refractivity contribution >= 4 is 23.4 Å². The Morgan fingerprint density at radius 3 is 2.26 bits per heavy atom. The van der Waals surface area contributed by atoms with Crippen LogP contribution in [0.1, 0.15) is 23.1 Å². The van der Waals surface area contributed by atoms with Gasteiger partial charge >= 0.3 is 0 Å². The highest BCUT2D eigenvalue weighted by atomic mass is 35.5. The third kappa shape index (κ3) is 7.23. The van der Waals surface area contributed by atoms with Gasteiger partial charge < -0.3 is 19.7 Å². The molecule has 0 spiro atoms. The molecule has 2 amide bonds. The highest BCUT2D eigenvalue weighted by molar-refractivity contribution is 6.30. The van der Waals surface area contributed by atoms with Crippen LogP contribution in [0, 0.1) is 0 Å². The molecule has 184 valence electrons. The molecular formula is C28H31ClN2O4. The molecule has 0 aromatic heterocycles. The molecule has 0 aliphatic heterocycles. The quantitative estimate of drug-likeness (QED) is 0.420. The zero-order valence-corrected chi connectivity index (χ0v) is 21.0. The molecule has 7 heteroatoms. The second kappa shape index (κ2) is 12.8. The molecular weight excluding hydrogens is 464 g/mol. The second-order valence-electron chi connectivity index (χ2n) is 8.16. The molecule has 1 atom stereocenters. The minimum Gasteiger partial charge on any atom is -0.493 e. The summed E-state index contributed by atoms with van der Waals surface area (Å²) in [6.45, 7) is 0.274. The van der Waals surface area contributed by atoms with E-state index in [-0.39, 0.29) is 24.8 Å². The predicted octanol–water partition coefficient (Wildman–Crippen LogP) is 4.68. The first-order valence-corrected chi connectivity index (χ1v) is 11.8. The average molecular weight is 495 g/mol. The number of methoxy groups -OCH3 is 2. The van der Waals surface area contributed by atoms with Crippen LogP contribution in [0.4, 0.5) is 0 Å². The van der Waals surface area contributed by atoms with Crippen molar-refractivity contribution in [2.24, 2.45) is 0 Å². The van der Waals surface area contributed by atoms with Crippen molar-refractivity contribution in [1.29, 1.82) is 0 Å². The van der Waals surface area contributed by atoms with Gasteiger partial charge in [0.2, 0.25) is 11.8 Å². The summed E-state index contributed by atoms with van der Waals surface area (Å²) in [5, 5.41) is 3.31. The van der Waals surface area contributed by atoms with E-state index < -0.39 is 6.04 Å². The Balaban J connectivity index is 1.87. The molecule has 0 unspecified atom stereocenters. The van der Waals surface area contributed by atoms with Gasteiger partial charge in [-0.1, -0.05) is 60.1 Å². The number of likely N-dealkylation sites (N-methyl/N-ethyl adjacent to an activating group) is 1. The van der Waals surface area contributed by atoms with E-state index in [1.807, 2.05) is 66.7 Å². The van der Waals surface area contributed by atoms with E-state index in [2.05, 4.69) is 5.32 Å². The molecule has 6 nitrogen and oxygen atoms in total. The molecule has 3 aromatic carbocycles. The number of hydrogen-bond acceptors (Lipinski definition) is 4. The van der Waals surface area contributed by atoms with Gasteiger partial charge in [0.25, 0.3) is 0 Å². The van der Waals surface area contributed by atoms with E-state index in [4.69, 9.17) is 21.1 Å². The number of halogens is 1. The first-order chi connectivity index (χ1) is 16.9. The van der Waals surface area contributed by atoms with Crippen LogP contribution in [0.25, 0.3) is 0 Å².